The van der Waals surface area contributed by atoms with Crippen molar-refractivity contribution in [3.05, 3.63) is 0 Å². The molecule has 18 heavy (non-hydrogen) atoms. The van der Waals surface area contributed by atoms with E-state index in [0.29, 0.717) is 18.6 Å². The van der Waals surface area contributed by atoms with Gasteiger partial charge in [0.1, 0.15) is 5.40 Å². The summed E-state index contributed by atoms with van der Waals surface area (Å²) in [6.07, 6.45) is 0.933. The number of esters is 1. The van der Waals surface area contributed by atoms with Crippen molar-refractivity contribution in [3.8, 4) is 0 Å². The number of thioether (sulfide) groups is 1. The van der Waals surface area contributed by atoms with Gasteiger partial charge in [-0.05, 0) is 24.6 Å². The van der Waals surface area contributed by atoms with Crippen LogP contribution in [0.2, 0.25) is 0 Å². The van der Waals surface area contributed by atoms with E-state index < -0.39 is 23.5 Å². The quantitative estimate of drug-likeness (QED) is 0.366. The van der Waals surface area contributed by atoms with Gasteiger partial charge in [0.25, 0.3) is 0 Å². The maximum absolute atomic E-state index is 11.2. The summed E-state index contributed by atoms with van der Waals surface area (Å²) < 4.78 is 30.1. The molecule has 0 N–H and O–H groups in total. The average Bonchev–Trinajstić information content (AvgIpc) is 2.35. The van der Waals surface area contributed by atoms with Crippen LogP contribution in [0.15, 0.2) is 0 Å². The largest absolute Gasteiger partial charge is 0.428 e. The molecule has 6 nitrogen and oxygen atoms in total. The molecule has 0 fully saturated rings. The van der Waals surface area contributed by atoms with Gasteiger partial charge >= 0.3 is 11.3 Å². The molecule has 0 bridgehead atoms. The highest BCUT2D eigenvalue weighted by atomic mass is 32.2. The number of hydrogen-bond donors (Lipinski definition) is 0. The van der Waals surface area contributed by atoms with Crippen LogP contribution in [0, 0.1) is 0 Å². The highest BCUT2D eigenvalue weighted by Gasteiger charge is 2.10. The van der Waals surface area contributed by atoms with Crippen molar-refractivity contribution in [2.45, 2.75) is 31.6 Å². The van der Waals surface area contributed by atoms with E-state index >= 15 is 0 Å². The van der Waals surface area contributed by atoms with Crippen LogP contribution in [-0.2, 0) is 23.4 Å². The fourth-order valence-electron chi connectivity index (χ4n) is 0.929. The van der Waals surface area contributed by atoms with E-state index in [2.05, 4.69) is 9.47 Å². The van der Waals surface area contributed by atoms with Gasteiger partial charge < -0.3 is 9.47 Å². The summed E-state index contributed by atoms with van der Waals surface area (Å²) in [5.41, 5.74) is 0. The highest BCUT2D eigenvalue weighted by molar-refractivity contribution is 8.13. The summed E-state index contributed by atoms with van der Waals surface area (Å²) in [6, 6.07) is 0. The van der Waals surface area contributed by atoms with Crippen LogP contribution in [0.4, 0.5) is 4.79 Å². The van der Waals surface area contributed by atoms with Crippen molar-refractivity contribution in [2.24, 2.45) is 0 Å². The standard InChI is InChI=1S/C9H14O6P2S/c1-2-18-9(11)15-6-14-7(10)4-3-5-8(16-12)17-13/h8H,2-6H2,1H3. The number of rotatable bonds is 9. The Morgan fingerprint density at radius 2 is 1.89 bits per heavy atom. The van der Waals surface area contributed by atoms with Crippen LogP contribution < -0.4 is 0 Å². The number of hydrogen-bond acceptors (Lipinski definition) is 7. The molecule has 0 aliphatic carbocycles. The van der Waals surface area contributed by atoms with Crippen molar-refractivity contribution < 1.29 is 28.2 Å². The second-order valence-electron chi connectivity index (χ2n) is 3.05. The summed E-state index contributed by atoms with van der Waals surface area (Å²) in [4.78, 5) is 22.0. The van der Waals surface area contributed by atoms with Gasteiger partial charge in [0.05, 0.1) is 0 Å². The Morgan fingerprint density at radius 3 is 2.44 bits per heavy atom. The van der Waals surface area contributed by atoms with Crippen LogP contribution in [0.25, 0.3) is 0 Å². The molecule has 0 aliphatic heterocycles. The molecular weight excluding hydrogens is 298 g/mol. The fraction of sp³-hybridized carbons (Fsp3) is 0.778. The Labute approximate surface area is 113 Å². The molecule has 9 heteroatoms. The molecule has 0 aromatic carbocycles. The second kappa shape index (κ2) is 11.6. The highest BCUT2D eigenvalue weighted by Crippen LogP contribution is 2.24. The number of carbonyl (C=O) groups is 2. The molecule has 0 aromatic heterocycles. The molecule has 0 heterocycles. The molecule has 0 radical (unpaired) electrons. The third-order valence-corrected chi connectivity index (χ3v) is 3.96. The van der Waals surface area contributed by atoms with Gasteiger partial charge in [0.2, 0.25) is 6.79 Å². The van der Waals surface area contributed by atoms with Gasteiger partial charge in [-0.3, -0.25) is 13.9 Å². The van der Waals surface area contributed by atoms with E-state index in [1.165, 1.54) is 0 Å². The lowest BCUT2D eigenvalue weighted by molar-refractivity contribution is -0.151. The Kier molecular flexibility index (Phi) is 11.2. The van der Waals surface area contributed by atoms with Crippen LogP contribution in [0.1, 0.15) is 26.2 Å². The lowest BCUT2D eigenvalue weighted by Crippen LogP contribution is -2.10. The third-order valence-electron chi connectivity index (χ3n) is 1.75. The molecule has 102 valence electrons. The van der Waals surface area contributed by atoms with E-state index in [-0.39, 0.29) is 23.3 Å². The topological polar surface area (TPSA) is 86.7 Å². The predicted molar refractivity (Wildman–Crippen MR) is 68.4 cm³/mol. The van der Waals surface area contributed by atoms with Crippen molar-refractivity contribution in [3.63, 3.8) is 0 Å². The van der Waals surface area contributed by atoms with Gasteiger partial charge in [-0.2, -0.15) is 0 Å². The first-order chi connectivity index (χ1) is 8.63. The average molecular weight is 312 g/mol. The first-order valence-corrected chi connectivity index (χ1v) is 7.99. The lowest BCUT2D eigenvalue weighted by atomic mass is 10.2. The Bertz CT molecular complexity index is 291. The maximum Gasteiger partial charge on any atom is 0.370 e. The van der Waals surface area contributed by atoms with Gasteiger partial charge in [-0.15, -0.1) is 0 Å². The van der Waals surface area contributed by atoms with Crippen molar-refractivity contribution >= 4 is 40.0 Å². The Balaban J connectivity index is 3.57. The van der Waals surface area contributed by atoms with Crippen molar-refractivity contribution in [2.75, 3.05) is 12.5 Å². The molecule has 0 spiro atoms. The van der Waals surface area contributed by atoms with Crippen LogP contribution >= 0.6 is 28.7 Å². The first-order valence-electron chi connectivity index (χ1n) is 5.24. The predicted octanol–water partition coefficient (Wildman–Crippen LogP) is 3.46. The van der Waals surface area contributed by atoms with E-state index in [9.17, 15) is 18.7 Å². The summed E-state index contributed by atoms with van der Waals surface area (Å²) in [5.74, 6) is 0.0879. The van der Waals surface area contributed by atoms with E-state index in [0.717, 1.165) is 11.8 Å². The minimum atomic E-state index is -0.506. The zero-order chi connectivity index (χ0) is 13.8. The lowest BCUT2D eigenvalue weighted by Gasteiger charge is -2.05. The molecule has 0 unspecified atom stereocenters. The molecule has 0 aliphatic rings. The Morgan fingerprint density at radius 1 is 1.22 bits per heavy atom. The van der Waals surface area contributed by atoms with Crippen LogP contribution in [0.3, 0.4) is 0 Å². The minimum absolute atomic E-state index is 0.111. The third kappa shape index (κ3) is 9.51. The zero-order valence-corrected chi connectivity index (χ0v) is 12.5. The monoisotopic (exact) mass is 312 g/mol. The molecular formula is C9H14O6P2S. The van der Waals surface area contributed by atoms with E-state index in [4.69, 9.17) is 0 Å². The first kappa shape index (κ1) is 17.5. The van der Waals surface area contributed by atoms with Gasteiger partial charge in [0, 0.05) is 12.2 Å². The molecule has 0 rings (SSSR count). The zero-order valence-electron chi connectivity index (χ0n) is 9.87. The van der Waals surface area contributed by atoms with Gasteiger partial charge in [0.15, 0.2) is 16.9 Å². The van der Waals surface area contributed by atoms with Crippen LogP contribution in [0.5, 0.6) is 0 Å². The molecule has 0 amide bonds. The molecule has 0 saturated heterocycles. The maximum atomic E-state index is 11.2. The normalized spacial score (nSPS) is 12.3. The summed E-state index contributed by atoms with van der Waals surface area (Å²) in [6.45, 7) is 1.41. The number of ether oxygens (including phenoxy) is 2. The molecule has 0 saturated carbocycles. The summed E-state index contributed by atoms with van der Waals surface area (Å²) >= 11 is 0.987. The van der Waals surface area contributed by atoms with Gasteiger partial charge in [-0.25, -0.2) is 4.79 Å². The summed E-state index contributed by atoms with van der Waals surface area (Å²) in [5, 5.41) is -0.961. The SMILES string of the molecule is CCSC(=O)OCOC(=O)CCCC(P=O)P=O. The fourth-order valence-corrected chi connectivity index (χ4v) is 2.03. The summed E-state index contributed by atoms with van der Waals surface area (Å²) in [7, 11) is -0.400. The number of carbonyl (C=O) groups excluding carboxylic acids is 2. The molecule has 0 aromatic rings. The second-order valence-corrected chi connectivity index (χ2v) is 6.32. The van der Waals surface area contributed by atoms with Crippen molar-refractivity contribution in [1.29, 1.82) is 0 Å². The van der Waals surface area contributed by atoms with Crippen molar-refractivity contribution in [1.82, 2.24) is 0 Å². The molecule has 0 atom stereocenters. The minimum Gasteiger partial charge on any atom is -0.428 e. The Hall–Kier alpha value is -0.510. The van der Waals surface area contributed by atoms with E-state index in [1.807, 2.05) is 0 Å². The smallest absolute Gasteiger partial charge is 0.370 e. The van der Waals surface area contributed by atoms with Gasteiger partial charge in [-0.1, -0.05) is 6.92 Å². The van der Waals surface area contributed by atoms with E-state index in [1.54, 1.807) is 6.92 Å². The van der Waals surface area contributed by atoms with Crippen LogP contribution in [-0.4, -0.2) is 29.2 Å².